The lowest BCUT2D eigenvalue weighted by Gasteiger charge is -2.31. The van der Waals surface area contributed by atoms with Crippen molar-refractivity contribution in [1.82, 2.24) is 15.2 Å². The Hall–Kier alpha value is -2.94. The Kier molecular flexibility index (Phi) is 6.22. The number of carbonyl (C=O) groups excluding carboxylic acids is 1. The Morgan fingerprint density at radius 2 is 2.00 bits per heavy atom. The number of aromatic nitrogens is 1. The number of aryl methyl sites for hydroxylation is 2. The van der Waals surface area contributed by atoms with E-state index in [1.165, 1.54) is 6.07 Å². The second-order valence-electron chi connectivity index (χ2n) is 8.59. The van der Waals surface area contributed by atoms with E-state index in [9.17, 15) is 14.9 Å². The fraction of sp³-hybridized carbons (Fsp3) is 0.545. The van der Waals surface area contributed by atoms with Gasteiger partial charge in [0.2, 0.25) is 5.89 Å². The molecule has 0 unspecified atom stereocenters. The highest BCUT2D eigenvalue weighted by Gasteiger charge is 2.26. The molecule has 4 rings (SSSR count). The third-order valence-electron chi connectivity index (χ3n) is 6.09. The number of nitrogens with one attached hydrogen (secondary N) is 2. The van der Waals surface area contributed by atoms with E-state index in [1.807, 2.05) is 13.8 Å². The van der Waals surface area contributed by atoms with Crippen LogP contribution < -0.4 is 10.6 Å². The summed E-state index contributed by atoms with van der Waals surface area (Å²) >= 11 is 0. The topological polar surface area (TPSA) is 114 Å². The smallest absolute Gasteiger partial charge is 0.293 e. The second-order valence-corrected chi connectivity index (χ2v) is 8.59. The molecule has 1 amide bonds. The monoisotopic (exact) mass is 427 g/mol. The number of carbonyl (C=O) groups is 1. The van der Waals surface area contributed by atoms with Gasteiger partial charge in [0.1, 0.15) is 11.4 Å². The zero-order valence-corrected chi connectivity index (χ0v) is 18.0. The summed E-state index contributed by atoms with van der Waals surface area (Å²) in [7, 11) is 0. The number of likely N-dealkylation sites (tertiary alicyclic amines) is 1. The van der Waals surface area contributed by atoms with Crippen molar-refractivity contribution in [2.45, 2.75) is 52.1 Å². The normalized spacial score (nSPS) is 17.5. The van der Waals surface area contributed by atoms with Crippen molar-refractivity contribution in [3.63, 3.8) is 0 Å². The summed E-state index contributed by atoms with van der Waals surface area (Å²) in [6.07, 6.45) is 3.95. The fourth-order valence-electron chi connectivity index (χ4n) is 3.87. The molecule has 1 aromatic carbocycles. The fourth-order valence-corrected chi connectivity index (χ4v) is 3.87. The van der Waals surface area contributed by atoms with E-state index in [4.69, 9.17) is 4.42 Å². The molecule has 1 saturated carbocycles. The van der Waals surface area contributed by atoms with Crippen molar-refractivity contribution in [3.8, 4) is 0 Å². The Labute approximate surface area is 181 Å². The Morgan fingerprint density at radius 1 is 1.26 bits per heavy atom. The molecule has 2 aromatic rings. The minimum atomic E-state index is -0.431. The molecule has 1 aromatic heterocycles. The molecule has 9 nitrogen and oxygen atoms in total. The van der Waals surface area contributed by atoms with Crippen molar-refractivity contribution >= 4 is 17.3 Å². The summed E-state index contributed by atoms with van der Waals surface area (Å²) in [5.41, 5.74) is 1.66. The van der Waals surface area contributed by atoms with Gasteiger partial charge in [0.25, 0.3) is 11.6 Å². The van der Waals surface area contributed by atoms with Crippen LogP contribution >= 0.6 is 0 Å². The molecule has 0 bridgehead atoms. The van der Waals surface area contributed by atoms with Crippen LogP contribution in [0.1, 0.15) is 53.4 Å². The molecule has 2 fully saturated rings. The van der Waals surface area contributed by atoms with Crippen LogP contribution in [0.5, 0.6) is 0 Å². The van der Waals surface area contributed by atoms with Crippen molar-refractivity contribution in [2.24, 2.45) is 5.92 Å². The summed E-state index contributed by atoms with van der Waals surface area (Å²) in [5.74, 6) is 1.81. The largest absolute Gasteiger partial charge is 0.444 e. The third kappa shape index (κ3) is 5.41. The van der Waals surface area contributed by atoms with Crippen LogP contribution in [-0.2, 0) is 6.54 Å². The molecular weight excluding hydrogens is 398 g/mol. The highest BCUT2D eigenvalue weighted by molar-refractivity contribution is 5.96. The molecule has 0 spiro atoms. The van der Waals surface area contributed by atoms with Gasteiger partial charge in [-0.1, -0.05) is 0 Å². The van der Waals surface area contributed by atoms with Gasteiger partial charge in [0.05, 0.1) is 17.2 Å². The van der Waals surface area contributed by atoms with E-state index in [0.29, 0.717) is 30.3 Å². The van der Waals surface area contributed by atoms with Crippen LogP contribution in [0, 0.1) is 29.9 Å². The number of benzene rings is 1. The number of piperidine rings is 1. The van der Waals surface area contributed by atoms with Gasteiger partial charge in [-0.3, -0.25) is 19.8 Å². The first-order valence-electron chi connectivity index (χ1n) is 10.9. The maximum atomic E-state index is 12.2. The number of hydrogen-bond donors (Lipinski definition) is 2. The molecule has 9 heteroatoms. The van der Waals surface area contributed by atoms with E-state index >= 15 is 0 Å². The van der Waals surface area contributed by atoms with Gasteiger partial charge >= 0.3 is 0 Å². The van der Waals surface area contributed by atoms with Crippen LogP contribution in [0.15, 0.2) is 22.6 Å². The Bertz CT molecular complexity index is 941. The molecule has 2 N–H and O–H groups in total. The summed E-state index contributed by atoms with van der Waals surface area (Å²) in [5, 5.41) is 17.6. The molecule has 2 aliphatic rings. The molecule has 166 valence electrons. The summed E-state index contributed by atoms with van der Waals surface area (Å²) in [6, 6.07) is 4.87. The predicted octanol–water partition coefficient (Wildman–Crippen LogP) is 3.42. The number of anilines is 1. The molecule has 0 atom stereocenters. The lowest BCUT2D eigenvalue weighted by molar-refractivity contribution is -0.384. The van der Waals surface area contributed by atoms with Crippen LogP contribution in [0.25, 0.3) is 0 Å². The maximum Gasteiger partial charge on any atom is 0.293 e. The van der Waals surface area contributed by atoms with Crippen LogP contribution in [0.3, 0.4) is 0 Å². The van der Waals surface area contributed by atoms with Crippen molar-refractivity contribution < 1.29 is 14.1 Å². The number of hydrogen-bond acceptors (Lipinski definition) is 7. The predicted molar refractivity (Wildman–Crippen MR) is 116 cm³/mol. The quantitative estimate of drug-likeness (QED) is 0.490. The number of nitro groups is 1. The van der Waals surface area contributed by atoms with E-state index in [0.717, 1.165) is 56.1 Å². The van der Waals surface area contributed by atoms with Crippen molar-refractivity contribution in [2.75, 3.05) is 25.0 Å². The molecule has 31 heavy (non-hydrogen) atoms. The maximum absolute atomic E-state index is 12.2. The molecule has 2 heterocycles. The Balaban J connectivity index is 1.29. The van der Waals surface area contributed by atoms with Gasteiger partial charge in [-0.25, -0.2) is 4.98 Å². The highest BCUT2D eigenvalue weighted by Crippen LogP contribution is 2.28. The van der Waals surface area contributed by atoms with Crippen molar-refractivity contribution in [3.05, 3.63) is 51.2 Å². The van der Waals surface area contributed by atoms with E-state index in [-0.39, 0.29) is 17.6 Å². The van der Waals surface area contributed by atoms with Gasteiger partial charge in [-0.15, -0.1) is 0 Å². The van der Waals surface area contributed by atoms with Crippen LogP contribution in [0.2, 0.25) is 0 Å². The minimum absolute atomic E-state index is 0.0597. The number of nitro benzene ring substituents is 1. The average molecular weight is 428 g/mol. The molecule has 1 aliphatic carbocycles. The number of oxazole rings is 1. The first kappa shape index (κ1) is 21.3. The summed E-state index contributed by atoms with van der Waals surface area (Å²) < 4.78 is 5.68. The Morgan fingerprint density at radius 3 is 2.61 bits per heavy atom. The van der Waals surface area contributed by atoms with Gasteiger partial charge in [-0.05, 0) is 70.7 Å². The minimum Gasteiger partial charge on any atom is -0.444 e. The SMILES string of the molecule is Cc1nc(CN2CCC(CNc3ccc(C(=O)NC4CC4)cc3[N+](=O)[O-])CC2)oc1C. The van der Waals surface area contributed by atoms with E-state index in [2.05, 4.69) is 20.5 Å². The first-order valence-corrected chi connectivity index (χ1v) is 10.9. The van der Waals surface area contributed by atoms with Gasteiger partial charge in [-0.2, -0.15) is 0 Å². The van der Waals surface area contributed by atoms with Gasteiger partial charge in [0, 0.05) is 24.2 Å². The van der Waals surface area contributed by atoms with Gasteiger partial charge in [0.15, 0.2) is 0 Å². The highest BCUT2D eigenvalue weighted by atomic mass is 16.6. The zero-order chi connectivity index (χ0) is 22.0. The molecule has 1 aliphatic heterocycles. The second kappa shape index (κ2) is 9.05. The van der Waals surface area contributed by atoms with E-state index < -0.39 is 4.92 Å². The molecular formula is C22H29N5O4. The molecule has 0 radical (unpaired) electrons. The summed E-state index contributed by atoms with van der Waals surface area (Å²) in [4.78, 5) is 30.1. The average Bonchev–Trinajstić information content (AvgIpc) is 3.50. The molecule has 1 saturated heterocycles. The number of amides is 1. The number of nitrogens with zero attached hydrogens (tertiary/aromatic N) is 3. The first-order chi connectivity index (χ1) is 14.9. The van der Waals surface area contributed by atoms with E-state index in [1.54, 1.807) is 12.1 Å². The number of rotatable bonds is 8. The van der Waals surface area contributed by atoms with Gasteiger partial charge < -0.3 is 15.1 Å². The third-order valence-corrected chi connectivity index (χ3v) is 6.09. The van der Waals surface area contributed by atoms with Crippen molar-refractivity contribution in [1.29, 1.82) is 0 Å². The standard InChI is InChI=1S/C22H29N5O4/c1-14-15(2)31-21(24-14)13-26-9-7-16(8-10-26)12-23-19-6-3-17(11-20(19)27(29)30)22(28)25-18-4-5-18/h3,6,11,16,18,23H,4-5,7-10,12-13H2,1-2H3,(H,25,28). The van der Waals surface area contributed by atoms with Crippen LogP contribution in [-0.4, -0.2) is 46.4 Å². The zero-order valence-electron chi connectivity index (χ0n) is 18.0. The lowest BCUT2D eigenvalue weighted by Crippen LogP contribution is -2.35. The lowest BCUT2D eigenvalue weighted by atomic mass is 9.96. The van der Waals surface area contributed by atoms with Crippen LogP contribution in [0.4, 0.5) is 11.4 Å². The summed E-state index contributed by atoms with van der Waals surface area (Å²) in [6.45, 7) is 7.13.